The fraction of sp³-hybridized carbons (Fsp3) is 0.789. The summed E-state index contributed by atoms with van der Waals surface area (Å²) in [5, 5.41) is 3.65. The molecule has 1 aromatic rings. The third-order valence-corrected chi connectivity index (χ3v) is 5.80. The predicted molar refractivity (Wildman–Crippen MR) is 93.7 cm³/mol. The molecule has 1 saturated heterocycles. The Labute approximate surface area is 140 Å². The van der Waals surface area contributed by atoms with Crippen LogP contribution >= 0.6 is 0 Å². The molecule has 4 rings (SSSR count). The van der Waals surface area contributed by atoms with E-state index in [9.17, 15) is 0 Å². The summed E-state index contributed by atoms with van der Waals surface area (Å²) in [6.07, 6.45) is 14.2. The third-order valence-electron chi connectivity index (χ3n) is 5.80. The molecule has 0 bridgehead atoms. The zero-order chi connectivity index (χ0) is 15.5. The molecule has 2 aliphatic carbocycles. The van der Waals surface area contributed by atoms with Gasteiger partial charge in [0.15, 0.2) is 0 Å². The lowest BCUT2D eigenvalue weighted by molar-refractivity contribution is 0.168. The Morgan fingerprint density at radius 3 is 2.52 bits per heavy atom. The topological polar surface area (TPSA) is 41.0 Å². The van der Waals surface area contributed by atoms with Gasteiger partial charge in [-0.1, -0.05) is 19.3 Å². The zero-order valence-electron chi connectivity index (χ0n) is 14.2. The standard InChI is InChI=1S/C19H30N4/c1-2-4-15(5-3-1)14-23-12-9-17(10-13-23)21-18-8-11-20-19(22-18)16-6-7-16/h8,11,15-17H,1-7,9-10,12-14H2,(H,20,21,22). The number of rotatable bonds is 5. The van der Waals surface area contributed by atoms with E-state index in [1.807, 2.05) is 12.3 Å². The number of hydrogen-bond donors (Lipinski definition) is 1. The van der Waals surface area contributed by atoms with E-state index in [4.69, 9.17) is 4.98 Å². The molecule has 0 spiro atoms. The highest BCUT2D eigenvalue weighted by Crippen LogP contribution is 2.38. The van der Waals surface area contributed by atoms with Gasteiger partial charge in [0.1, 0.15) is 11.6 Å². The van der Waals surface area contributed by atoms with Gasteiger partial charge in [-0.25, -0.2) is 9.97 Å². The minimum atomic E-state index is 0.583. The second-order valence-corrected chi connectivity index (χ2v) is 7.80. The fourth-order valence-electron chi connectivity index (χ4n) is 4.20. The normalized spacial score (nSPS) is 24.7. The maximum atomic E-state index is 4.71. The molecule has 0 atom stereocenters. The van der Waals surface area contributed by atoms with Gasteiger partial charge in [0, 0.05) is 37.8 Å². The lowest BCUT2D eigenvalue weighted by Gasteiger charge is -2.35. The van der Waals surface area contributed by atoms with Crippen molar-refractivity contribution in [1.29, 1.82) is 0 Å². The van der Waals surface area contributed by atoms with Crippen LogP contribution in [-0.2, 0) is 0 Å². The van der Waals surface area contributed by atoms with Gasteiger partial charge in [0.25, 0.3) is 0 Å². The van der Waals surface area contributed by atoms with E-state index in [1.165, 1.54) is 77.4 Å². The van der Waals surface area contributed by atoms with Crippen molar-refractivity contribution < 1.29 is 0 Å². The van der Waals surface area contributed by atoms with Crippen LogP contribution in [0.15, 0.2) is 12.3 Å². The lowest BCUT2D eigenvalue weighted by Crippen LogP contribution is -2.41. The van der Waals surface area contributed by atoms with Crippen LogP contribution in [0, 0.1) is 5.92 Å². The number of nitrogens with zero attached hydrogens (tertiary/aromatic N) is 3. The second kappa shape index (κ2) is 7.16. The van der Waals surface area contributed by atoms with Crippen molar-refractivity contribution in [3.8, 4) is 0 Å². The smallest absolute Gasteiger partial charge is 0.133 e. The first-order valence-corrected chi connectivity index (χ1v) is 9.68. The van der Waals surface area contributed by atoms with Gasteiger partial charge in [-0.3, -0.25) is 0 Å². The van der Waals surface area contributed by atoms with Gasteiger partial charge >= 0.3 is 0 Å². The molecule has 2 heterocycles. The predicted octanol–water partition coefficient (Wildman–Crippen LogP) is 3.81. The molecule has 23 heavy (non-hydrogen) atoms. The average molecular weight is 314 g/mol. The Morgan fingerprint density at radius 1 is 1.00 bits per heavy atom. The van der Waals surface area contributed by atoms with Gasteiger partial charge in [0.2, 0.25) is 0 Å². The van der Waals surface area contributed by atoms with Gasteiger partial charge in [-0.05, 0) is 50.5 Å². The molecule has 0 unspecified atom stereocenters. The van der Waals surface area contributed by atoms with Crippen LogP contribution in [0.3, 0.4) is 0 Å². The average Bonchev–Trinajstić information content (AvgIpc) is 3.43. The summed E-state index contributed by atoms with van der Waals surface area (Å²) < 4.78 is 0. The van der Waals surface area contributed by atoms with Crippen molar-refractivity contribution in [2.75, 3.05) is 25.0 Å². The van der Waals surface area contributed by atoms with E-state index in [1.54, 1.807) is 0 Å². The zero-order valence-corrected chi connectivity index (χ0v) is 14.2. The largest absolute Gasteiger partial charge is 0.367 e. The van der Waals surface area contributed by atoms with Crippen molar-refractivity contribution >= 4 is 5.82 Å². The fourth-order valence-corrected chi connectivity index (χ4v) is 4.20. The van der Waals surface area contributed by atoms with E-state index in [-0.39, 0.29) is 0 Å². The maximum Gasteiger partial charge on any atom is 0.133 e. The molecule has 1 N–H and O–H groups in total. The van der Waals surface area contributed by atoms with Crippen LogP contribution in [0.5, 0.6) is 0 Å². The van der Waals surface area contributed by atoms with Crippen LogP contribution in [-0.4, -0.2) is 40.5 Å². The van der Waals surface area contributed by atoms with Gasteiger partial charge in [0.05, 0.1) is 0 Å². The molecule has 3 fully saturated rings. The van der Waals surface area contributed by atoms with Crippen molar-refractivity contribution in [3.63, 3.8) is 0 Å². The molecule has 0 radical (unpaired) electrons. The van der Waals surface area contributed by atoms with E-state index in [0.717, 1.165) is 17.6 Å². The number of aromatic nitrogens is 2. The quantitative estimate of drug-likeness (QED) is 0.897. The first kappa shape index (κ1) is 15.4. The van der Waals surface area contributed by atoms with E-state index < -0.39 is 0 Å². The molecule has 0 amide bonds. The summed E-state index contributed by atoms with van der Waals surface area (Å²) in [5.74, 6) is 3.68. The second-order valence-electron chi connectivity index (χ2n) is 7.80. The van der Waals surface area contributed by atoms with Gasteiger partial charge < -0.3 is 10.2 Å². The highest BCUT2D eigenvalue weighted by atomic mass is 15.2. The molecule has 0 aromatic carbocycles. The highest BCUT2D eigenvalue weighted by molar-refractivity contribution is 5.35. The summed E-state index contributed by atoms with van der Waals surface area (Å²) >= 11 is 0. The van der Waals surface area contributed by atoms with Crippen LogP contribution < -0.4 is 5.32 Å². The van der Waals surface area contributed by atoms with Crippen molar-refractivity contribution in [1.82, 2.24) is 14.9 Å². The Morgan fingerprint density at radius 2 is 1.78 bits per heavy atom. The molecule has 4 heteroatoms. The van der Waals surface area contributed by atoms with Crippen LogP contribution in [0.1, 0.15) is 69.5 Å². The minimum Gasteiger partial charge on any atom is -0.367 e. The van der Waals surface area contributed by atoms with Crippen LogP contribution in [0.25, 0.3) is 0 Å². The molecule has 3 aliphatic rings. The van der Waals surface area contributed by atoms with Crippen molar-refractivity contribution in [3.05, 3.63) is 18.1 Å². The molecule has 4 nitrogen and oxygen atoms in total. The molecule has 1 aromatic heterocycles. The Bertz CT molecular complexity index is 500. The highest BCUT2D eigenvalue weighted by Gasteiger charge is 2.27. The Kier molecular flexibility index (Phi) is 4.79. The number of hydrogen-bond acceptors (Lipinski definition) is 4. The van der Waals surface area contributed by atoms with E-state index in [0.29, 0.717) is 12.0 Å². The molecular formula is C19H30N4. The Hall–Kier alpha value is -1.16. The summed E-state index contributed by atoms with van der Waals surface area (Å²) in [6, 6.07) is 2.61. The van der Waals surface area contributed by atoms with Crippen LogP contribution in [0.4, 0.5) is 5.82 Å². The first-order valence-electron chi connectivity index (χ1n) is 9.68. The number of anilines is 1. The summed E-state index contributed by atoms with van der Waals surface area (Å²) in [4.78, 5) is 11.8. The van der Waals surface area contributed by atoms with Crippen LogP contribution in [0.2, 0.25) is 0 Å². The molecular weight excluding hydrogens is 284 g/mol. The van der Waals surface area contributed by atoms with E-state index >= 15 is 0 Å². The van der Waals surface area contributed by atoms with E-state index in [2.05, 4.69) is 15.2 Å². The van der Waals surface area contributed by atoms with Crippen molar-refractivity contribution in [2.45, 2.75) is 69.7 Å². The van der Waals surface area contributed by atoms with Crippen molar-refractivity contribution in [2.24, 2.45) is 5.92 Å². The number of piperidine rings is 1. The minimum absolute atomic E-state index is 0.583. The monoisotopic (exact) mass is 314 g/mol. The maximum absolute atomic E-state index is 4.71. The summed E-state index contributed by atoms with van der Waals surface area (Å²) in [5.41, 5.74) is 0. The SMILES string of the molecule is c1cc(NC2CCN(CC3CCCCC3)CC2)nc(C2CC2)n1. The number of nitrogens with one attached hydrogen (secondary N) is 1. The Balaban J connectivity index is 1.24. The lowest BCUT2D eigenvalue weighted by atomic mass is 9.88. The number of likely N-dealkylation sites (tertiary alicyclic amines) is 1. The summed E-state index contributed by atoms with van der Waals surface area (Å²) in [6.45, 7) is 3.83. The molecule has 2 saturated carbocycles. The molecule has 126 valence electrons. The molecule has 1 aliphatic heterocycles. The van der Waals surface area contributed by atoms with Gasteiger partial charge in [-0.15, -0.1) is 0 Å². The van der Waals surface area contributed by atoms with Gasteiger partial charge in [-0.2, -0.15) is 0 Å². The summed E-state index contributed by atoms with van der Waals surface area (Å²) in [7, 11) is 0. The third kappa shape index (κ3) is 4.23. The first-order chi connectivity index (χ1) is 11.4.